The number of anilines is 1. The van der Waals surface area contributed by atoms with Crippen LogP contribution in [0.15, 0.2) is 54.3 Å². The van der Waals surface area contributed by atoms with E-state index in [9.17, 15) is 13.2 Å². The first-order chi connectivity index (χ1) is 14.4. The predicted octanol–water partition coefficient (Wildman–Crippen LogP) is 4.02. The number of nitrogens with zero attached hydrogens (tertiary/aromatic N) is 6. The highest BCUT2D eigenvalue weighted by atomic mass is 32.2. The van der Waals surface area contributed by atoms with Crippen LogP contribution < -0.4 is 5.73 Å². The number of thioether (sulfide) groups is 1. The number of nitrogens with two attached hydrogens (primary N) is 1. The first-order valence-electron chi connectivity index (χ1n) is 9.14. The minimum absolute atomic E-state index is 0.316. The summed E-state index contributed by atoms with van der Waals surface area (Å²) in [7, 11) is 0. The van der Waals surface area contributed by atoms with Gasteiger partial charge in [-0.05, 0) is 12.0 Å². The number of halogens is 3. The van der Waals surface area contributed by atoms with E-state index < -0.39 is 12.7 Å². The summed E-state index contributed by atoms with van der Waals surface area (Å²) in [5, 5.41) is 0.341. The summed E-state index contributed by atoms with van der Waals surface area (Å²) in [5.74, 6) is 0.902. The molecule has 0 amide bonds. The molecule has 30 heavy (non-hydrogen) atoms. The van der Waals surface area contributed by atoms with E-state index in [1.807, 2.05) is 10.6 Å². The molecule has 0 aliphatic heterocycles. The van der Waals surface area contributed by atoms with Crippen molar-refractivity contribution in [2.45, 2.75) is 30.8 Å². The molecule has 0 saturated heterocycles. The third-order valence-corrected chi connectivity index (χ3v) is 5.51. The van der Waals surface area contributed by atoms with Crippen molar-refractivity contribution < 1.29 is 13.2 Å². The van der Waals surface area contributed by atoms with Crippen LogP contribution in [-0.2, 0) is 13.1 Å². The zero-order chi connectivity index (χ0) is 21.1. The largest absolute Gasteiger partial charge is 0.406 e. The molecule has 0 unspecified atom stereocenters. The summed E-state index contributed by atoms with van der Waals surface area (Å²) in [6.07, 6.45) is 0.864. The first-order valence-corrected chi connectivity index (χ1v) is 10.1. The second-order valence-corrected chi connectivity index (χ2v) is 7.63. The van der Waals surface area contributed by atoms with Crippen molar-refractivity contribution in [2.75, 3.05) is 11.5 Å². The molecular weight excluding hydrogens is 415 g/mol. The Balaban J connectivity index is 1.46. The summed E-state index contributed by atoms with van der Waals surface area (Å²) in [6, 6.07) is 8.95. The van der Waals surface area contributed by atoms with Crippen LogP contribution >= 0.6 is 11.8 Å². The van der Waals surface area contributed by atoms with Crippen LogP contribution in [0.2, 0.25) is 0 Å². The maximum atomic E-state index is 13.2. The predicted molar refractivity (Wildman–Crippen MR) is 109 cm³/mol. The van der Waals surface area contributed by atoms with Crippen LogP contribution in [0.5, 0.6) is 0 Å². The van der Waals surface area contributed by atoms with E-state index in [2.05, 4.69) is 19.9 Å². The number of alkyl halides is 3. The fourth-order valence-corrected chi connectivity index (χ4v) is 4.01. The Kier molecular flexibility index (Phi) is 5.62. The molecule has 4 rings (SSSR count). The Labute approximate surface area is 174 Å². The van der Waals surface area contributed by atoms with E-state index in [0.29, 0.717) is 52.1 Å². The summed E-state index contributed by atoms with van der Waals surface area (Å²) in [5.41, 5.74) is 8.11. The minimum Gasteiger partial charge on any atom is -0.382 e. The number of fused-ring (bicyclic) bond motifs is 1. The van der Waals surface area contributed by atoms with Gasteiger partial charge in [0.15, 0.2) is 16.6 Å². The van der Waals surface area contributed by atoms with Gasteiger partial charge < -0.3 is 14.9 Å². The van der Waals surface area contributed by atoms with Gasteiger partial charge in [0.2, 0.25) is 0 Å². The fourth-order valence-electron chi connectivity index (χ4n) is 3.11. The SMILES string of the molecule is Nc1ncnc2c1ncn2CCCSc1ncc(-c2ccccc2)n1CC(F)(F)F. The number of nitrogen functional groups attached to an aromatic ring is 1. The topological polar surface area (TPSA) is 87.4 Å². The molecule has 156 valence electrons. The maximum absolute atomic E-state index is 13.2. The first kappa shape index (κ1) is 20.2. The molecule has 0 radical (unpaired) electrons. The molecule has 1 aromatic carbocycles. The van der Waals surface area contributed by atoms with Gasteiger partial charge in [-0.3, -0.25) is 0 Å². The van der Waals surface area contributed by atoms with Crippen LogP contribution in [0, 0.1) is 0 Å². The van der Waals surface area contributed by atoms with Gasteiger partial charge in [-0.1, -0.05) is 42.1 Å². The Hall–Kier alpha value is -3.08. The average Bonchev–Trinajstić information content (AvgIpc) is 3.30. The smallest absolute Gasteiger partial charge is 0.382 e. The van der Waals surface area contributed by atoms with Crippen molar-refractivity contribution in [1.82, 2.24) is 29.1 Å². The number of hydrogen-bond acceptors (Lipinski definition) is 6. The Morgan fingerprint density at radius 1 is 1.03 bits per heavy atom. The molecule has 0 saturated carbocycles. The average molecular weight is 433 g/mol. The highest BCUT2D eigenvalue weighted by Crippen LogP contribution is 2.30. The molecule has 0 spiro atoms. The highest BCUT2D eigenvalue weighted by Gasteiger charge is 2.30. The lowest BCUT2D eigenvalue weighted by Gasteiger charge is -2.14. The van der Waals surface area contributed by atoms with Gasteiger partial charge in [-0.15, -0.1) is 0 Å². The van der Waals surface area contributed by atoms with E-state index in [0.717, 1.165) is 0 Å². The summed E-state index contributed by atoms with van der Waals surface area (Å²) in [6.45, 7) is -0.479. The monoisotopic (exact) mass is 433 g/mol. The van der Waals surface area contributed by atoms with Crippen LogP contribution in [0.3, 0.4) is 0 Å². The third-order valence-electron chi connectivity index (χ3n) is 4.43. The molecule has 0 aliphatic rings. The van der Waals surface area contributed by atoms with Crippen molar-refractivity contribution in [2.24, 2.45) is 0 Å². The van der Waals surface area contributed by atoms with Crippen molar-refractivity contribution >= 4 is 28.7 Å². The molecule has 7 nitrogen and oxygen atoms in total. The van der Waals surface area contributed by atoms with Gasteiger partial charge in [0.05, 0.1) is 18.2 Å². The number of aryl methyl sites for hydroxylation is 1. The van der Waals surface area contributed by atoms with Crippen molar-refractivity contribution in [3.05, 3.63) is 49.2 Å². The highest BCUT2D eigenvalue weighted by molar-refractivity contribution is 7.99. The lowest BCUT2D eigenvalue weighted by atomic mass is 10.2. The summed E-state index contributed by atoms with van der Waals surface area (Å²) >= 11 is 1.29. The fraction of sp³-hybridized carbons (Fsp3) is 0.263. The molecule has 3 aromatic heterocycles. The van der Waals surface area contributed by atoms with Crippen LogP contribution in [0.1, 0.15) is 6.42 Å². The quantitative estimate of drug-likeness (QED) is 0.350. The molecule has 11 heteroatoms. The maximum Gasteiger partial charge on any atom is 0.406 e. The lowest BCUT2D eigenvalue weighted by molar-refractivity contribution is -0.141. The van der Waals surface area contributed by atoms with Crippen molar-refractivity contribution in [1.29, 1.82) is 0 Å². The van der Waals surface area contributed by atoms with Crippen LogP contribution in [0.25, 0.3) is 22.4 Å². The second kappa shape index (κ2) is 8.34. The van der Waals surface area contributed by atoms with E-state index in [4.69, 9.17) is 5.73 Å². The summed E-state index contributed by atoms with van der Waals surface area (Å²) in [4.78, 5) is 16.6. The second-order valence-electron chi connectivity index (χ2n) is 6.56. The lowest BCUT2D eigenvalue weighted by Crippen LogP contribution is -2.19. The van der Waals surface area contributed by atoms with Gasteiger partial charge in [0.1, 0.15) is 18.4 Å². The van der Waals surface area contributed by atoms with Gasteiger partial charge in [0.25, 0.3) is 0 Å². The molecular formula is C19H18F3N7S. The number of hydrogen-bond donors (Lipinski definition) is 1. The van der Waals surface area contributed by atoms with Crippen molar-refractivity contribution in [3.8, 4) is 11.3 Å². The number of benzene rings is 1. The van der Waals surface area contributed by atoms with Crippen LogP contribution in [-0.4, -0.2) is 41.0 Å². The third kappa shape index (κ3) is 4.40. The molecule has 0 fully saturated rings. The Bertz CT molecular complexity index is 1140. The molecule has 0 bridgehead atoms. The summed E-state index contributed by atoms with van der Waals surface area (Å²) < 4.78 is 42.6. The molecule has 4 aromatic rings. The molecule has 3 heterocycles. The molecule has 2 N–H and O–H groups in total. The zero-order valence-corrected chi connectivity index (χ0v) is 16.6. The minimum atomic E-state index is -4.34. The van der Waals surface area contributed by atoms with Gasteiger partial charge in [-0.25, -0.2) is 19.9 Å². The van der Waals surface area contributed by atoms with Gasteiger partial charge in [-0.2, -0.15) is 13.2 Å². The number of imidazole rings is 2. The zero-order valence-electron chi connectivity index (χ0n) is 15.8. The van der Waals surface area contributed by atoms with E-state index in [-0.39, 0.29) is 0 Å². The van der Waals surface area contributed by atoms with Crippen molar-refractivity contribution in [3.63, 3.8) is 0 Å². The van der Waals surface area contributed by atoms with E-state index >= 15 is 0 Å². The Morgan fingerprint density at radius 2 is 1.83 bits per heavy atom. The number of aromatic nitrogens is 6. The molecule has 0 atom stereocenters. The van der Waals surface area contributed by atoms with Gasteiger partial charge in [0, 0.05) is 12.3 Å². The van der Waals surface area contributed by atoms with Gasteiger partial charge >= 0.3 is 6.18 Å². The molecule has 0 aliphatic carbocycles. The van der Waals surface area contributed by atoms with Crippen LogP contribution in [0.4, 0.5) is 19.0 Å². The standard InChI is InChI=1S/C19H18F3N7S/c20-19(21,22)10-29-14(13-5-2-1-3-6-13)9-24-18(29)30-8-4-7-28-12-27-15-16(23)25-11-26-17(15)28/h1-3,5-6,9,11-12H,4,7-8,10H2,(H2,23,25,26). The normalized spacial score (nSPS) is 12.0. The van der Waals surface area contributed by atoms with E-state index in [1.165, 1.54) is 28.9 Å². The number of rotatable bonds is 7. The Morgan fingerprint density at radius 3 is 2.60 bits per heavy atom. The van der Waals surface area contributed by atoms with E-state index in [1.54, 1.807) is 30.6 Å².